The van der Waals surface area contributed by atoms with Crippen LogP contribution in [0.25, 0.3) is 0 Å². The van der Waals surface area contributed by atoms with E-state index < -0.39 is 0 Å². The predicted octanol–water partition coefficient (Wildman–Crippen LogP) is 3.27. The number of hydrogen-bond acceptors (Lipinski definition) is 3. The molecule has 28 heavy (non-hydrogen) atoms. The molecule has 1 aromatic carbocycles. The van der Waals surface area contributed by atoms with Gasteiger partial charge in [0, 0.05) is 31.6 Å². The molecule has 0 radical (unpaired) electrons. The number of ether oxygens (including phenoxy) is 1. The molecular formula is C21H35IN4O2. The molecule has 1 fully saturated rings. The highest BCUT2D eigenvalue weighted by atomic mass is 127. The van der Waals surface area contributed by atoms with Crippen molar-refractivity contribution in [1.29, 1.82) is 0 Å². The van der Waals surface area contributed by atoms with Crippen molar-refractivity contribution in [1.82, 2.24) is 15.5 Å². The molecule has 0 aromatic heterocycles. The van der Waals surface area contributed by atoms with Crippen LogP contribution in [0.4, 0.5) is 0 Å². The average Bonchev–Trinajstić information content (AvgIpc) is 3.13. The van der Waals surface area contributed by atoms with Crippen LogP contribution < -0.4 is 15.4 Å². The topological polar surface area (TPSA) is 66.0 Å². The zero-order valence-electron chi connectivity index (χ0n) is 17.5. The van der Waals surface area contributed by atoms with Gasteiger partial charge in [0.2, 0.25) is 5.91 Å². The summed E-state index contributed by atoms with van der Waals surface area (Å²) in [5.41, 5.74) is 0. The van der Waals surface area contributed by atoms with Crippen LogP contribution in [0.3, 0.4) is 0 Å². The Morgan fingerprint density at radius 1 is 1.29 bits per heavy atom. The minimum atomic E-state index is 0. The van der Waals surface area contributed by atoms with Crippen LogP contribution in [0.15, 0.2) is 35.3 Å². The Kier molecular flexibility index (Phi) is 11.3. The number of amides is 1. The van der Waals surface area contributed by atoms with E-state index in [1.54, 1.807) is 0 Å². The van der Waals surface area contributed by atoms with Crippen LogP contribution in [0.2, 0.25) is 0 Å². The van der Waals surface area contributed by atoms with Crippen molar-refractivity contribution in [2.75, 3.05) is 26.2 Å². The molecule has 1 amide bonds. The molecule has 2 rings (SSSR count). The van der Waals surface area contributed by atoms with Gasteiger partial charge in [-0.25, -0.2) is 4.99 Å². The van der Waals surface area contributed by atoms with Gasteiger partial charge in [0.15, 0.2) is 5.96 Å². The van der Waals surface area contributed by atoms with E-state index in [1.165, 1.54) is 0 Å². The third-order valence-electron chi connectivity index (χ3n) is 4.63. The Morgan fingerprint density at radius 3 is 2.61 bits per heavy atom. The monoisotopic (exact) mass is 502 g/mol. The lowest BCUT2D eigenvalue weighted by molar-refractivity contribution is -0.133. The van der Waals surface area contributed by atoms with Crippen molar-refractivity contribution in [3.8, 4) is 5.75 Å². The number of carbonyl (C=O) groups is 1. The highest BCUT2D eigenvalue weighted by Crippen LogP contribution is 2.14. The number of halogens is 1. The van der Waals surface area contributed by atoms with E-state index in [0.29, 0.717) is 6.54 Å². The second-order valence-electron chi connectivity index (χ2n) is 7.25. The number of nitrogens with one attached hydrogen (secondary N) is 2. The van der Waals surface area contributed by atoms with Gasteiger partial charge in [0.1, 0.15) is 11.9 Å². The van der Waals surface area contributed by atoms with Gasteiger partial charge in [-0.1, -0.05) is 39.0 Å². The standard InChI is InChI=1S/C21H34N4O2.HI/c1-5-18(27-19-10-8-7-9-11-19)14-23-21(22-6-2)24-17-12-13-25(15-17)20(26)16(3)4;/h7-11,16-18H,5-6,12-15H2,1-4H3,(H2,22,23,24);1H. The van der Waals surface area contributed by atoms with Crippen molar-refractivity contribution >= 4 is 35.8 Å². The Balaban J connectivity index is 0.00000392. The number of para-hydroxylation sites is 1. The van der Waals surface area contributed by atoms with Crippen LogP contribution in [-0.2, 0) is 4.79 Å². The van der Waals surface area contributed by atoms with Crippen LogP contribution in [0.1, 0.15) is 40.5 Å². The van der Waals surface area contributed by atoms with E-state index in [-0.39, 0.29) is 47.9 Å². The third kappa shape index (κ3) is 7.85. The molecule has 1 saturated heterocycles. The van der Waals surface area contributed by atoms with Gasteiger partial charge in [0.05, 0.1) is 6.54 Å². The maximum absolute atomic E-state index is 12.2. The summed E-state index contributed by atoms with van der Waals surface area (Å²) >= 11 is 0. The molecule has 1 heterocycles. The fourth-order valence-corrected chi connectivity index (χ4v) is 3.09. The van der Waals surface area contributed by atoms with Crippen molar-refractivity contribution in [2.45, 2.75) is 52.7 Å². The molecule has 1 aliphatic heterocycles. The Morgan fingerprint density at radius 2 is 2.00 bits per heavy atom. The van der Waals surface area contributed by atoms with Crippen molar-refractivity contribution in [2.24, 2.45) is 10.9 Å². The second-order valence-corrected chi connectivity index (χ2v) is 7.25. The molecule has 1 aliphatic rings. The molecule has 0 aliphatic carbocycles. The van der Waals surface area contributed by atoms with E-state index in [4.69, 9.17) is 9.73 Å². The predicted molar refractivity (Wildman–Crippen MR) is 126 cm³/mol. The number of hydrogen-bond donors (Lipinski definition) is 2. The first-order chi connectivity index (χ1) is 13.0. The second kappa shape index (κ2) is 12.9. The molecule has 2 atom stereocenters. The highest BCUT2D eigenvalue weighted by Gasteiger charge is 2.28. The van der Waals surface area contributed by atoms with Gasteiger partial charge >= 0.3 is 0 Å². The summed E-state index contributed by atoms with van der Waals surface area (Å²) < 4.78 is 6.02. The number of guanidine groups is 1. The largest absolute Gasteiger partial charge is 0.489 e. The molecule has 1 aromatic rings. The Labute approximate surface area is 186 Å². The van der Waals surface area contributed by atoms with Crippen LogP contribution in [-0.4, -0.2) is 55.1 Å². The normalized spacial score (nSPS) is 17.8. The van der Waals surface area contributed by atoms with Gasteiger partial charge in [-0.05, 0) is 31.9 Å². The number of aliphatic imine (C=N–C) groups is 1. The summed E-state index contributed by atoms with van der Waals surface area (Å²) in [5, 5.41) is 6.77. The quantitative estimate of drug-likeness (QED) is 0.326. The summed E-state index contributed by atoms with van der Waals surface area (Å²) in [7, 11) is 0. The van der Waals surface area contributed by atoms with E-state index in [0.717, 1.165) is 44.2 Å². The molecule has 0 bridgehead atoms. The fraction of sp³-hybridized carbons (Fsp3) is 0.619. The lowest BCUT2D eigenvalue weighted by atomic mass is 10.2. The third-order valence-corrected chi connectivity index (χ3v) is 4.63. The number of carbonyl (C=O) groups excluding carboxylic acids is 1. The summed E-state index contributed by atoms with van der Waals surface area (Å²) in [6, 6.07) is 10.1. The molecule has 158 valence electrons. The van der Waals surface area contributed by atoms with Gasteiger partial charge in [-0.2, -0.15) is 0 Å². The molecule has 7 heteroatoms. The number of rotatable bonds is 8. The SMILES string of the molecule is CCNC(=NCC(CC)Oc1ccccc1)NC1CCN(C(=O)C(C)C)C1.I. The van der Waals surface area contributed by atoms with Crippen LogP contribution in [0, 0.1) is 5.92 Å². The first kappa shape index (κ1) is 24.5. The van der Waals surface area contributed by atoms with E-state index in [2.05, 4.69) is 24.5 Å². The van der Waals surface area contributed by atoms with E-state index in [1.807, 2.05) is 49.1 Å². The van der Waals surface area contributed by atoms with Gasteiger partial charge in [0.25, 0.3) is 0 Å². The van der Waals surface area contributed by atoms with Crippen LogP contribution >= 0.6 is 24.0 Å². The number of benzene rings is 1. The first-order valence-electron chi connectivity index (χ1n) is 10.1. The molecule has 2 N–H and O–H groups in total. The smallest absolute Gasteiger partial charge is 0.225 e. The minimum Gasteiger partial charge on any atom is -0.489 e. The molecule has 0 spiro atoms. The summed E-state index contributed by atoms with van der Waals surface area (Å²) in [5.74, 6) is 1.93. The summed E-state index contributed by atoms with van der Waals surface area (Å²) in [6.45, 7) is 11.0. The van der Waals surface area contributed by atoms with Gasteiger partial charge < -0.3 is 20.3 Å². The Bertz CT molecular complexity index is 610. The van der Waals surface area contributed by atoms with Crippen molar-refractivity contribution in [3.05, 3.63) is 30.3 Å². The van der Waals surface area contributed by atoms with Crippen molar-refractivity contribution in [3.63, 3.8) is 0 Å². The maximum atomic E-state index is 12.2. The lowest BCUT2D eigenvalue weighted by Crippen LogP contribution is -2.45. The average molecular weight is 502 g/mol. The zero-order valence-corrected chi connectivity index (χ0v) is 19.8. The summed E-state index contributed by atoms with van der Waals surface area (Å²) in [6.07, 6.45) is 1.86. The number of likely N-dealkylation sites (tertiary alicyclic amines) is 1. The Hall–Kier alpha value is -1.51. The molecule has 0 saturated carbocycles. The van der Waals surface area contributed by atoms with Gasteiger partial charge in [-0.3, -0.25) is 4.79 Å². The van der Waals surface area contributed by atoms with Crippen LogP contribution in [0.5, 0.6) is 5.75 Å². The lowest BCUT2D eigenvalue weighted by Gasteiger charge is -2.21. The van der Waals surface area contributed by atoms with E-state index in [9.17, 15) is 4.79 Å². The number of nitrogens with zero attached hydrogens (tertiary/aromatic N) is 2. The maximum Gasteiger partial charge on any atom is 0.225 e. The molecule has 6 nitrogen and oxygen atoms in total. The molecule has 2 unspecified atom stereocenters. The fourth-order valence-electron chi connectivity index (χ4n) is 3.09. The minimum absolute atomic E-state index is 0. The molecular weight excluding hydrogens is 467 g/mol. The zero-order chi connectivity index (χ0) is 19.6. The highest BCUT2D eigenvalue weighted by molar-refractivity contribution is 14.0. The van der Waals surface area contributed by atoms with Crippen molar-refractivity contribution < 1.29 is 9.53 Å². The summed E-state index contributed by atoms with van der Waals surface area (Å²) in [4.78, 5) is 18.8. The van der Waals surface area contributed by atoms with E-state index >= 15 is 0 Å². The van der Waals surface area contributed by atoms with Gasteiger partial charge in [-0.15, -0.1) is 24.0 Å². The first-order valence-corrected chi connectivity index (χ1v) is 10.1.